The van der Waals surface area contributed by atoms with Gasteiger partial charge in [-0.25, -0.2) is 13.2 Å². The van der Waals surface area contributed by atoms with Crippen LogP contribution < -0.4 is 5.32 Å². The van der Waals surface area contributed by atoms with Crippen LogP contribution in [0.5, 0.6) is 0 Å². The highest BCUT2D eigenvalue weighted by atomic mass is 32.2. The monoisotopic (exact) mass is 435 g/mol. The first-order valence-corrected chi connectivity index (χ1v) is 10.8. The summed E-state index contributed by atoms with van der Waals surface area (Å²) in [6.07, 6.45) is 0. The van der Waals surface area contributed by atoms with Crippen LogP contribution in [0.25, 0.3) is 0 Å². The molecule has 0 spiro atoms. The van der Waals surface area contributed by atoms with Crippen molar-refractivity contribution >= 4 is 33.2 Å². The third-order valence-electron chi connectivity index (χ3n) is 4.81. The fraction of sp³-hybridized carbons (Fsp3) is 0.0870. The second kappa shape index (κ2) is 7.81. The van der Waals surface area contributed by atoms with Crippen molar-refractivity contribution < 1.29 is 27.5 Å². The predicted octanol–water partition coefficient (Wildman–Crippen LogP) is 3.17. The predicted molar refractivity (Wildman–Crippen MR) is 112 cm³/mol. The minimum Gasteiger partial charge on any atom is -0.452 e. The standard InChI is InChI=1S/C23H17NO6S/c1-14-5-4-6-16(11-14)24-21(25)13-30-23(27)15-9-10-18-20(12-15)31(28,29)19-8-3-2-7-17(19)22(18)26/h2-12H,13H2,1H3,(H,24,25). The van der Waals surface area contributed by atoms with E-state index in [4.69, 9.17) is 4.74 Å². The molecule has 0 unspecified atom stereocenters. The minimum absolute atomic E-state index is 0.00700. The number of carbonyl (C=O) groups excluding carboxylic acids is 3. The van der Waals surface area contributed by atoms with E-state index in [1.54, 1.807) is 24.3 Å². The van der Waals surface area contributed by atoms with Gasteiger partial charge in [-0.05, 0) is 55.0 Å². The van der Waals surface area contributed by atoms with Crippen molar-refractivity contribution in [2.45, 2.75) is 16.7 Å². The van der Waals surface area contributed by atoms with Crippen LogP contribution in [0.2, 0.25) is 0 Å². The Balaban J connectivity index is 1.52. The Labute approximate surface area is 178 Å². The SMILES string of the molecule is Cc1cccc(NC(=O)COC(=O)c2ccc3c(c2)S(=O)(=O)c2ccccc2C3=O)c1. The van der Waals surface area contributed by atoms with E-state index < -0.39 is 34.1 Å². The topological polar surface area (TPSA) is 107 Å². The van der Waals surface area contributed by atoms with E-state index in [0.717, 1.165) is 11.6 Å². The third-order valence-corrected chi connectivity index (χ3v) is 6.66. The molecule has 3 aromatic rings. The number of carbonyl (C=O) groups is 3. The summed E-state index contributed by atoms with van der Waals surface area (Å²) in [7, 11) is -3.97. The zero-order valence-electron chi connectivity index (χ0n) is 16.4. The largest absolute Gasteiger partial charge is 0.452 e. The number of benzene rings is 3. The highest BCUT2D eigenvalue weighted by Gasteiger charge is 2.35. The van der Waals surface area contributed by atoms with E-state index in [-0.39, 0.29) is 26.5 Å². The molecule has 1 aliphatic rings. The van der Waals surface area contributed by atoms with Crippen molar-refractivity contribution in [3.63, 3.8) is 0 Å². The molecule has 0 saturated carbocycles. The molecular weight excluding hydrogens is 418 g/mol. The van der Waals surface area contributed by atoms with Crippen LogP contribution >= 0.6 is 0 Å². The number of hydrogen-bond acceptors (Lipinski definition) is 6. The molecule has 0 radical (unpaired) electrons. The third kappa shape index (κ3) is 3.85. The van der Waals surface area contributed by atoms with Gasteiger partial charge < -0.3 is 10.1 Å². The van der Waals surface area contributed by atoms with Gasteiger partial charge in [0, 0.05) is 16.8 Å². The summed E-state index contributed by atoms with van der Waals surface area (Å²) in [5.41, 5.74) is 1.54. The molecule has 3 aromatic carbocycles. The first-order chi connectivity index (χ1) is 14.8. The van der Waals surface area contributed by atoms with Gasteiger partial charge in [-0.3, -0.25) is 9.59 Å². The van der Waals surface area contributed by atoms with Crippen LogP contribution in [0.3, 0.4) is 0 Å². The van der Waals surface area contributed by atoms with Gasteiger partial charge in [0.2, 0.25) is 9.84 Å². The van der Waals surface area contributed by atoms with Crippen LogP contribution in [-0.2, 0) is 19.4 Å². The lowest BCUT2D eigenvalue weighted by Gasteiger charge is -2.19. The normalized spacial score (nSPS) is 13.6. The van der Waals surface area contributed by atoms with Gasteiger partial charge in [-0.1, -0.05) is 24.3 Å². The zero-order valence-corrected chi connectivity index (χ0v) is 17.2. The molecule has 0 atom stereocenters. The lowest BCUT2D eigenvalue weighted by atomic mass is 10.0. The maximum atomic E-state index is 12.9. The molecule has 1 aliphatic heterocycles. The summed E-state index contributed by atoms with van der Waals surface area (Å²) in [6.45, 7) is 1.33. The summed E-state index contributed by atoms with van der Waals surface area (Å²) in [5, 5.41) is 2.61. The Hall–Kier alpha value is -3.78. The maximum absolute atomic E-state index is 12.9. The minimum atomic E-state index is -3.97. The van der Waals surface area contributed by atoms with Crippen LogP contribution in [0.15, 0.2) is 76.5 Å². The molecule has 7 nitrogen and oxygen atoms in total. The van der Waals surface area contributed by atoms with Crippen LogP contribution in [0, 0.1) is 6.92 Å². The summed E-state index contributed by atoms with van der Waals surface area (Å²) in [4.78, 5) is 36.7. The summed E-state index contributed by atoms with van der Waals surface area (Å²) in [5.74, 6) is -1.84. The number of amides is 1. The molecule has 4 rings (SSSR count). The lowest BCUT2D eigenvalue weighted by molar-refractivity contribution is -0.119. The van der Waals surface area contributed by atoms with Crippen molar-refractivity contribution in [2.24, 2.45) is 0 Å². The second-order valence-electron chi connectivity index (χ2n) is 7.03. The van der Waals surface area contributed by atoms with E-state index in [1.807, 2.05) is 13.0 Å². The number of esters is 1. The number of sulfone groups is 1. The zero-order chi connectivity index (χ0) is 22.2. The smallest absolute Gasteiger partial charge is 0.338 e. The number of ketones is 1. The Morgan fingerprint density at radius 3 is 2.42 bits per heavy atom. The number of aryl methyl sites for hydroxylation is 1. The fourth-order valence-electron chi connectivity index (χ4n) is 3.35. The van der Waals surface area contributed by atoms with E-state index in [2.05, 4.69) is 5.32 Å². The summed E-state index contributed by atoms with van der Waals surface area (Å²) < 4.78 is 30.9. The van der Waals surface area contributed by atoms with Crippen molar-refractivity contribution in [1.29, 1.82) is 0 Å². The molecule has 156 valence electrons. The second-order valence-corrected chi connectivity index (χ2v) is 8.92. The van der Waals surface area contributed by atoms with E-state index >= 15 is 0 Å². The Kier molecular flexibility index (Phi) is 5.16. The number of ether oxygens (including phenoxy) is 1. The molecule has 0 bridgehead atoms. The number of nitrogens with one attached hydrogen (secondary N) is 1. The first kappa shape index (κ1) is 20.5. The highest BCUT2D eigenvalue weighted by Crippen LogP contribution is 2.34. The molecule has 1 amide bonds. The van der Waals surface area contributed by atoms with Crippen molar-refractivity contribution in [1.82, 2.24) is 0 Å². The molecule has 8 heteroatoms. The molecule has 31 heavy (non-hydrogen) atoms. The number of fused-ring (bicyclic) bond motifs is 2. The quantitative estimate of drug-likeness (QED) is 0.494. The van der Waals surface area contributed by atoms with Crippen molar-refractivity contribution in [3.05, 3.63) is 89.0 Å². The van der Waals surface area contributed by atoms with Gasteiger partial charge in [-0.15, -0.1) is 0 Å². The summed E-state index contributed by atoms with van der Waals surface area (Å²) >= 11 is 0. The van der Waals surface area contributed by atoms with Gasteiger partial charge in [-0.2, -0.15) is 0 Å². The Morgan fingerprint density at radius 1 is 0.903 bits per heavy atom. The molecular formula is C23H17NO6S. The van der Waals surface area contributed by atoms with E-state index in [0.29, 0.717) is 5.69 Å². The number of rotatable bonds is 4. The van der Waals surface area contributed by atoms with Gasteiger partial charge in [0.15, 0.2) is 12.4 Å². The van der Waals surface area contributed by atoms with Gasteiger partial charge in [0.05, 0.1) is 15.4 Å². The molecule has 0 aliphatic carbocycles. The first-order valence-electron chi connectivity index (χ1n) is 9.34. The van der Waals surface area contributed by atoms with Gasteiger partial charge >= 0.3 is 5.97 Å². The Bertz CT molecular complexity index is 1340. The molecule has 0 aromatic heterocycles. The summed E-state index contributed by atoms with van der Waals surface area (Å²) in [6, 6.07) is 16.8. The van der Waals surface area contributed by atoms with Crippen molar-refractivity contribution in [3.8, 4) is 0 Å². The highest BCUT2D eigenvalue weighted by molar-refractivity contribution is 7.91. The van der Waals surface area contributed by atoms with Crippen LogP contribution in [0.4, 0.5) is 5.69 Å². The average molecular weight is 435 g/mol. The average Bonchev–Trinajstić information content (AvgIpc) is 2.76. The number of anilines is 1. The molecule has 1 N–H and O–H groups in total. The van der Waals surface area contributed by atoms with Gasteiger partial charge in [0.1, 0.15) is 0 Å². The van der Waals surface area contributed by atoms with Crippen molar-refractivity contribution in [2.75, 3.05) is 11.9 Å². The van der Waals surface area contributed by atoms with E-state index in [9.17, 15) is 22.8 Å². The van der Waals surface area contributed by atoms with Gasteiger partial charge in [0.25, 0.3) is 5.91 Å². The maximum Gasteiger partial charge on any atom is 0.338 e. The molecule has 1 heterocycles. The van der Waals surface area contributed by atoms with Crippen LogP contribution in [-0.4, -0.2) is 32.7 Å². The lowest BCUT2D eigenvalue weighted by Crippen LogP contribution is -2.22. The number of hydrogen-bond donors (Lipinski definition) is 1. The molecule has 0 fully saturated rings. The Morgan fingerprint density at radius 2 is 1.65 bits per heavy atom. The molecule has 0 saturated heterocycles. The van der Waals surface area contributed by atoms with E-state index in [1.165, 1.54) is 30.3 Å². The fourth-order valence-corrected chi connectivity index (χ4v) is 5.02. The van der Waals surface area contributed by atoms with Crippen LogP contribution in [0.1, 0.15) is 31.8 Å².